The predicted octanol–water partition coefficient (Wildman–Crippen LogP) is 5.78. The summed E-state index contributed by atoms with van der Waals surface area (Å²) >= 11 is 3.39. The number of carbonyl (C=O) groups is 3. The van der Waals surface area contributed by atoms with Gasteiger partial charge in [-0.15, -0.1) is 0 Å². The molecule has 1 amide bonds. The van der Waals surface area contributed by atoms with E-state index in [0.29, 0.717) is 17.7 Å². The molecule has 37 heavy (non-hydrogen) atoms. The first-order valence-corrected chi connectivity index (χ1v) is 13.1. The molecule has 1 aliphatic heterocycles. The molecule has 0 spiro atoms. The summed E-state index contributed by atoms with van der Waals surface area (Å²) < 4.78 is 6.52. The molecule has 6 nitrogen and oxygen atoms in total. The third-order valence-corrected chi connectivity index (χ3v) is 7.86. The molecule has 0 saturated carbocycles. The Kier molecular flexibility index (Phi) is 6.58. The van der Waals surface area contributed by atoms with Gasteiger partial charge in [0.25, 0.3) is 5.91 Å². The van der Waals surface area contributed by atoms with Crippen LogP contribution in [0.5, 0.6) is 0 Å². The molecule has 1 aliphatic carbocycles. The summed E-state index contributed by atoms with van der Waals surface area (Å²) in [7, 11) is 0. The molecular weight excluding hydrogens is 532 g/mol. The van der Waals surface area contributed by atoms with Crippen molar-refractivity contribution in [3.8, 4) is 11.1 Å². The lowest BCUT2D eigenvalue weighted by Crippen LogP contribution is -2.44. The summed E-state index contributed by atoms with van der Waals surface area (Å²) in [5.74, 6) is -3.72. The number of hydrogen-bond acceptors (Lipinski definition) is 5. The molecule has 0 bridgehead atoms. The van der Waals surface area contributed by atoms with E-state index in [9.17, 15) is 14.4 Å². The Morgan fingerprint density at radius 2 is 1.49 bits per heavy atom. The fourth-order valence-corrected chi connectivity index (χ4v) is 5.92. The predicted molar refractivity (Wildman–Crippen MR) is 145 cm³/mol. The van der Waals surface area contributed by atoms with Crippen molar-refractivity contribution in [3.63, 3.8) is 0 Å². The van der Waals surface area contributed by atoms with E-state index < -0.39 is 35.2 Å². The van der Waals surface area contributed by atoms with Gasteiger partial charge in [-0.2, -0.15) is 5.10 Å². The highest BCUT2D eigenvalue weighted by Crippen LogP contribution is 2.44. The molecular formula is C30H27BrN2O4. The van der Waals surface area contributed by atoms with Crippen LogP contribution in [0, 0.1) is 17.8 Å². The van der Waals surface area contributed by atoms with Crippen LogP contribution in [0.1, 0.15) is 48.7 Å². The first-order chi connectivity index (χ1) is 17.7. The average molecular weight is 559 g/mol. The van der Waals surface area contributed by atoms with Crippen LogP contribution in [0.15, 0.2) is 82.4 Å². The summed E-state index contributed by atoms with van der Waals surface area (Å²) in [5.41, 5.74) is 6.71. The van der Waals surface area contributed by atoms with Gasteiger partial charge in [0.05, 0.1) is 5.71 Å². The number of hydrogen-bond donors (Lipinski definition) is 1. The van der Waals surface area contributed by atoms with Crippen LogP contribution in [0.2, 0.25) is 0 Å². The molecule has 1 saturated heterocycles. The van der Waals surface area contributed by atoms with E-state index in [0.717, 1.165) is 26.7 Å². The Labute approximate surface area is 224 Å². The number of ether oxygens (including phenoxy) is 1. The number of esters is 1. The molecule has 0 aromatic heterocycles. The van der Waals surface area contributed by atoms with Crippen molar-refractivity contribution in [3.05, 3.63) is 94.0 Å². The highest BCUT2D eigenvalue weighted by molar-refractivity contribution is 9.10. The normalized spacial score (nSPS) is 20.0. The van der Waals surface area contributed by atoms with Crippen LogP contribution < -0.4 is 5.43 Å². The zero-order valence-electron chi connectivity index (χ0n) is 20.8. The van der Waals surface area contributed by atoms with E-state index in [1.807, 2.05) is 55.5 Å². The molecule has 2 aliphatic rings. The monoisotopic (exact) mass is 558 g/mol. The molecule has 188 valence electrons. The summed E-state index contributed by atoms with van der Waals surface area (Å²) in [6, 6.07) is 22.8. The van der Waals surface area contributed by atoms with Gasteiger partial charge in [-0.1, -0.05) is 83.5 Å². The molecule has 3 aromatic rings. The van der Waals surface area contributed by atoms with Crippen molar-refractivity contribution in [1.82, 2.24) is 5.43 Å². The quantitative estimate of drug-likeness (QED) is 0.141. The van der Waals surface area contributed by atoms with Gasteiger partial charge in [0.1, 0.15) is 11.5 Å². The van der Waals surface area contributed by atoms with Gasteiger partial charge in [-0.3, -0.25) is 14.4 Å². The highest BCUT2D eigenvalue weighted by atomic mass is 79.9. The van der Waals surface area contributed by atoms with Gasteiger partial charge in [-0.05, 0) is 43.5 Å². The number of halogens is 1. The zero-order chi connectivity index (χ0) is 26.3. The van der Waals surface area contributed by atoms with Crippen molar-refractivity contribution < 1.29 is 19.1 Å². The van der Waals surface area contributed by atoms with E-state index in [1.54, 1.807) is 38.1 Å². The van der Waals surface area contributed by atoms with E-state index in [4.69, 9.17) is 4.74 Å². The second-order valence-corrected chi connectivity index (χ2v) is 10.9. The lowest BCUT2D eigenvalue weighted by Gasteiger charge is -2.32. The largest absolute Gasteiger partial charge is 0.459 e. The average Bonchev–Trinajstić information content (AvgIpc) is 3.33. The first-order valence-electron chi connectivity index (χ1n) is 12.3. The van der Waals surface area contributed by atoms with Crippen molar-refractivity contribution in [1.29, 1.82) is 0 Å². The third kappa shape index (κ3) is 4.42. The molecule has 5 rings (SSSR count). The van der Waals surface area contributed by atoms with E-state index >= 15 is 0 Å². The number of amides is 1. The van der Waals surface area contributed by atoms with Gasteiger partial charge >= 0.3 is 5.97 Å². The second-order valence-electron chi connectivity index (χ2n) is 9.94. The topological polar surface area (TPSA) is 84.8 Å². The smallest absolute Gasteiger partial charge is 0.319 e. The van der Waals surface area contributed by atoms with Crippen molar-refractivity contribution in [2.45, 2.75) is 32.8 Å². The fourth-order valence-electron chi connectivity index (χ4n) is 5.65. The Morgan fingerprint density at radius 3 is 2.03 bits per heavy atom. The highest BCUT2D eigenvalue weighted by Gasteiger charge is 2.57. The Morgan fingerprint density at radius 1 is 0.946 bits per heavy atom. The molecule has 3 aromatic carbocycles. The number of carbonyl (C=O) groups excluding carboxylic acids is 3. The number of ketones is 1. The van der Waals surface area contributed by atoms with E-state index in [2.05, 4.69) is 26.5 Å². The fraction of sp³-hybridized carbons (Fsp3) is 0.267. The molecule has 7 heteroatoms. The van der Waals surface area contributed by atoms with Crippen LogP contribution in [-0.4, -0.2) is 29.0 Å². The number of nitrogens with zero attached hydrogens (tertiary/aromatic N) is 1. The summed E-state index contributed by atoms with van der Waals surface area (Å²) in [6.07, 6.45) is 0.457. The maximum atomic E-state index is 13.5. The number of rotatable bonds is 6. The van der Waals surface area contributed by atoms with Gasteiger partial charge in [-0.25, -0.2) is 5.43 Å². The molecule has 0 unspecified atom stereocenters. The summed E-state index contributed by atoms with van der Waals surface area (Å²) in [5, 5.41) is 4.48. The molecule has 1 N–H and O–H groups in total. The third-order valence-electron chi connectivity index (χ3n) is 7.33. The molecule has 1 heterocycles. The summed E-state index contributed by atoms with van der Waals surface area (Å²) in [6.45, 7) is 5.41. The summed E-state index contributed by atoms with van der Waals surface area (Å²) in [4.78, 5) is 40.1. The maximum Gasteiger partial charge on any atom is 0.319 e. The van der Waals surface area contributed by atoms with Crippen LogP contribution in [0.4, 0.5) is 0 Å². The van der Waals surface area contributed by atoms with E-state index in [-0.39, 0.29) is 5.78 Å². The minimum atomic E-state index is -1.16. The van der Waals surface area contributed by atoms with Crippen LogP contribution >= 0.6 is 15.9 Å². The van der Waals surface area contributed by atoms with Crippen molar-refractivity contribution >= 4 is 39.3 Å². The molecule has 1 fully saturated rings. The number of hydrazone groups is 1. The van der Waals surface area contributed by atoms with Gasteiger partial charge in [0.2, 0.25) is 0 Å². The minimum absolute atomic E-state index is 0.117. The Balaban J connectivity index is 1.46. The number of cyclic esters (lactones) is 1. The second kappa shape index (κ2) is 9.71. The van der Waals surface area contributed by atoms with Gasteiger partial charge in [0.15, 0.2) is 5.78 Å². The zero-order valence-corrected chi connectivity index (χ0v) is 22.4. The van der Waals surface area contributed by atoms with Crippen molar-refractivity contribution in [2.24, 2.45) is 22.9 Å². The van der Waals surface area contributed by atoms with Gasteiger partial charge in [0, 0.05) is 33.0 Å². The number of nitrogens with one attached hydrogen (secondary N) is 1. The Bertz CT molecular complexity index is 1380. The molecule has 0 radical (unpaired) electrons. The lowest BCUT2D eigenvalue weighted by atomic mass is 9.70. The lowest BCUT2D eigenvalue weighted by molar-refractivity contribution is -0.150. The number of fused-ring (bicyclic) bond motifs is 3. The molecule has 3 atom stereocenters. The number of benzene rings is 3. The van der Waals surface area contributed by atoms with Crippen LogP contribution in [0.3, 0.4) is 0 Å². The van der Waals surface area contributed by atoms with Crippen LogP contribution in [0.25, 0.3) is 11.1 Å². The SMILES string of the molecule is CC[C@H](C(=O)c1ccc(Br)cc1)[C@H]1[C@H](C(=O)NN=C2c3ccccc3-c3ccccc32)C(=O)OC1(C)C. The van der Waals surface area contributed by atoms with E-state index in [1.165, 1.54) is 0 Å². The first kappa shape index (κ1) is 25.1. The standard InChI is InChI=1S/C30H27BrN2O4/c1-4-19(27(34)17-13-15-18(31)16-14-17)25-24(29(36)37-30(25,2)3)28(35)33-32-26-22-11-7-5-9-20(22)21-10-6-8-12-23(21)26/h5-16,19,24-25H,4H2,1-3H3,(H,33,35)/t19-,24+,25-/m0/s1. The van der Waals surface area contributed by atoms with Crippen molar-refractivity contribution in [2.75, 3.05) is 0 Å². The van der Waals surface area contributed by atoms with Crippen LogP contribution in [-0.2, 0) is 14.3 Å². The minimum Gasteiger partial charge on any atom is -0.459 e. The number of Topliss-reactive ketones (excluding diaryl/α,β-unsaturated/α-hetero) is 1. The maximum absolute atomic E-state index is 13.5. The Hall–Kier alpha value is -3.58. The van der Waals surface area contributed by atoms with Gasteiger partial charge < -0.3 is 4.74 Å².